The minimum atomic E-state index is 0.790. The van der Waals surface area contributed by atoms with Crippen LogP contribution in [-0.2, 0) is 17.7 Å². The Morgan fingerprint density at radius 1 is 1.27 bits per heavy atom. The summed E-state index contributed by atoms with van der Waals surface area (Å²) in [5.41, 5.74) is 2.91. The van der Waals surface area contributed by atoms with E-state index in [2.05, 4.69) is 36.1 Å². The summed E-state index contributed by atoms with van der Waals surface area (Å²) in [6, 6.07) is 8.70. The maximum Gasteiger partial charge on any atom is 0.0993 e. The van der Waals surface area contributed by atoms with E-state index >= 15 is 0 Å². The van der Waals surface area contributed by atoms with Gasteiger partial charge >= 0.3 is 0 Å². The quantitative estimate of drug-likeness (QED) is 0.751. The molecule has 1 aliphatic rings. The van der Waals surface area contributed by atoms with Crippen LogP contribution in [0.5, 0.6) is 0 Å². The number of hydrogen-bond acceptors (Lipinski definition) is 2. The van der Waals surface area contributed by atoms with E-state index in [1.807, 2.05) is 0 Å². The SMILES string of the molecule is CCc1ccccc1CN1CCCOC1. The van der Waals surface area contributed by atoms with Crippen LogP contribution in [0.2, 0.25) is 0 Å². The molecule has 2 nitrogen and oxygen atoms in total. The zero-order valence-electron chi connectivity index (χ0n) is 9.41. The lowest BCUT2D eigenvalue weighted by molar-refractivity contribution is -0.0177. The number of ether oxygens (including phenoxy) is 1. The summed E-state index contributed by atoms with van der Waals surface area (Å²) < 4.78 is 5.45. The Morgan fingerprint density at radius 3 is 2.73 bits per heavy atom. The molecule has 2 heteroatoms. The first-order valence-electron chi connectivity index (χ1n) is 5.77. The Balaban J connectivity index is 2.02. The van der Waals surface area contributed by atoms with Crippen molar-refractivity contribution in [2.45, 2.75) is 26.3 Å². The molecule has 0 radical (unpaired) electrons. The monoisotopic (exact) mass is 205 g/mol. The van der Waals surface area contributed by atoms with Crippen LogP contribution >= 0.6 is 0 Å². The molecule has 0 unspecified atom stereocenters. The van der Waals surface area contributed by atoms with E-state index in [1.165, 1.54) is 11.1 Å². The number of nitrogens with zero attached hydrogens (tertiary/aromatic N) is 1. The van der Waals surface area contributed by atoms with Crippen LogP contribution in [0.1, 0.15) is 24.5 Å². The second-order valence-corrected chi connectivity index (χ2v) is 4.07. The molecule has 1 aromatic carbocycles. The van der Waals surface area contributed by atoms with Gasteiger partial charge in [-0.2, -0.15) is 0 Å². The second-order valence-electron chi connectivity index (χ2n) is 4.07. The van der Waals surface area contributed by atoms with Crippen molar-refractivity contribution >= 4 is 0 Å². The van der Waals surface area contributed by atoms with Crippen LogP contribution in [-0.4, -0.2) is 24.8 Å². The van der Waals surface area contributed by atoms with Crippen LogP contribution in [0.15, 0.2) is 24.3 Å². The fourth-order valence-corrected chi connectivity index (χ4v) is 2.07. The highest BCUT2D eigenvalue weighted by atomic mass is 16.5. The van der Waals surface area contributed by atoms with Crippen molar-refractivity contribution in [3.8, 4) is 0 Å². The van der Waals surface area contributed by atoms with E-state index in [4.69, 9.17) is 4.74 Å². The maximum atomic E-state index is 5.45. The van der Waals surface area contributed by atoms with E-state index < -0.39 is 0 Å². The van der Waals surface area contributed by atoms with E-state index in [0.717, 1.165) is 39.3 Å². The molecule has 0 amide bonds. The molecule has 0 aliphatic carbocycles. The molecular formula is C13H19NO. The second kappa shape index (κ2) is 5.29. The Labute approximate surface area is 91.9 Å². The maximum absolute atomic E-state index is 5.45. The van der Waals surface area contributed by atoms with Gasteiger partial charge in [0.25, 0.3) is 0 Å². The van der Waals surface area contributed by atoms with Crippen LogP contribution < -0.4 is 0 Å². The lowest BCUT2D eigenvalue weighted by Crippen LogP contribution is -2.32. The average molecular weight is 205 g/mol. The Bertz CT molecular complexity index is 305. The summed E-state index contributed by atoms with van der Waals surface area (Å²) in [5.74, 6) is 0. The smallest absolute Gasteiger partial charge is 0.0993 e. The Hall–Kier alpha value is -0.860. The fraction of sp³-hybridized carbons (Fsp3) is 0.538. The summed E-state index contributed by atoms with van der Waals surface area (Å²) in [4.78, 5) is 2.37. The predicted octanol–water partition coefficient (Wildman–Crippen LogP) is 2.43. The minimum Gasteiger partial charge on any atom is -0.366 e. The third-order valence-electron chi connectivity index (χ3n) is 2.93. The van der Waals surface area contributed by atoms with Crippen LogP contribution in [0.4, 0.5) is 0 Å². The van der Waals surface area contributed by atoms with Gasteiger partial charge in [-0.15, -0.1) is 0 Å². The first kappa shape index (κ1) is 10.7. The fourth-order valence-electron chi connectivity index (χ4n) is 2.07. The molecule has 1 fully saturated rings. The van der Waals surface area contributed by atoms with Crippen molar-refractivity contribution < 1.29 is 4.74 Å². The van der Waals surface area contributed by atoms with Crippen molar-refractivity contribution in [3.63, 3.8) is 0 Å². The largest absolute Gasteiger partial charge is 0.366 e. The molecule has 1 aliphatic heterocycles. The average Bonchev–Trinajstić information content (AvgIpc) is 2.31. The molecule has 0 spiro atoms. The molecular weight excluding hydrogens is 186 g/mol. The zero-order valence-corrected chi connectivity index (χ0v) is 9.41. The van der Waals surface area contributed by atoms with Gasteiger partial charge in [0.1, 0.15) is 0 Å². The minimum absolute atomic E-state index is 0.790. The van der Waals surface area contributed by atoms with Gasteiger partial charge in [0.2, 0.25) is 0 Å². The topological polar surface area (TPSA) is 12.5 Å². The number of rotatable bonds is 3. The third-order valence-corrected chi connectivity index (χ3v) is 2.93. The van der Waals surface area contributed by atoms with Gasteiger partial charge in [-0.25, -0.2) is 0 Å². The molecule has 0 atom stereocenters. The van der Waals surface area contributed by atoms with Crippen LogP contribution in [0.3, 0.4) is 0 Å². The molecule has 1 saturated heterocycles. The van der Waals surface area contributed by atoms with Crippen molar-refractivity contribution in [2.75, 3.05) is 19.9 Å². The predicted molar refractivity (Wildman–Crippen MR) is 61.7 cm³/mol. The van der Waals surface area contributed by atoms with E-state index in [9.17, 15) is 0 Å². The van der Waals surface area contributed by atoms with Gasteiger partial charge in [-0.1, -0.05) is 31.2 Å². The molecule has 0 saturated carbocycles. The van der Waals surface area contributed by atoms with Crippen molar-refractivity contribution in [1.82, 2.24) is 4.90 Å². The van der Waals surface area contributed by atoms with Gasteiger partial charge in [0.05, 0.1) is 6.73 Å². The lowest BCUT2D eigenvalue weighted by atomic mass is 10.0. The van der Waals surface area contributed by atoms with E-state index in [0.29, 0.717) is 0 Å². The summed E-state index contributed by atoms with van der Waals surface area (Å²) in [6.07, 6.45) is 2.28. The third kappa shape index (κ3) is 2.80. The molecule has 82 valence electrons. The summed E-state index contributed by atoms with van der Waals surface area (Å²) >= 11 is 0. The summed E-state index contributed by atoms with van der Waals surface area (Å²) in [5, 5.41) is 0. The zero-order chi connectivity index (χ0) is 10.5. The van der Waals surface area contributed by atoms with Gasteiger partial charge < -0.3 is 4.74 Å². The summed E-state index contributed by atoms with van der Waals surface area (Å²) in [6.45, 7) is 6.12. The lowest BCUT2D eigenvalue weighted by Gasteiger charge is -2.27. The number of hydrogen-bond donors (Lipinski definition) is 0. The van der Waals surface area contributed by atoms with Crippen molar-refractivity contribution in [3.05, 3.63) is 35.4 Å². The highest BCUT2D eigenvalue weighted by Crippen LogP contribution is 2.14. The summed E-state index contributed by atoms with van der Waals surface area (Å²) in [7, 11) is 0. The molecule has 0 bridgehead atoms. The van der Waals surface area contributed by atoms with E-state index in [-0.39, 0.29) is 0 Å². The Kier molecular flexibility index (Phi) is 3.75. The Morgan fingerprint density at radius 2 is 2.07 bits per heavy atom. The molecule has 2 rings (SSSR count). The molecule has 0 N–H and O–H groups in total. The van der Waals surface area contributed by atoms with Gasteiger partial charge in [0, 0.05) is 19.7 Å². The van der Waals surface area contributed by atoms with Crippen LogP contribution in [0, 0.1) is 0 Å². The normalized spacial score (nSPS) is 17.9. The van der Waals surface area contributed by atoms with Gasteiger partial charge in [-0.05, 0) is 24.0 Å². The highest BCUT2D eigenvalue weighted by molar-refractivity contribution is 5.26. The van der Waals surface area contributed by atoms with Crippen molar-refractivity contribution in [1.29, 1.82) is 0 Å². The van der Waals surface area contributed by atoms with Gasteiger partial charge in [0.15, 0.2) is 0 Å². The highest BCUT2D eigenvalue weighted by Gasteiger charge is 2.11. The van der Waals surface area contributed by atoms with Crippen LogP contribution in [0.25, 0.3) is 0 Å². The van der Waals surface area contributed by atoms with Gasteiger partial charge in [-0.3, -0.25) is 4.90 Å². The number of benzene rings is 1. The first-order chi connectivity index (χ1) is 7.40. The molecule has 1 aromatic rings. The standard InChI is InChI=1S/C13H19NO/c1-2-12-6-3-4-7-13(12)10-14-8-5-9-15-11-14/h3-4,6-7H,2,5,8-11H2,1H3. The van der Waals surface area contributed by atoms with Crippen molar-refractivity contribution in [2.24, 2.45) is 0 Å². The molecule has 0 aromatic heterocycles. The number of aryl methyl sites for hydroxylation is 1. The first-order valence-corrected chi connectivity index (χ1v) is 5.77. The molecule has 1 heterocycles. The van der Waals surface area contributed by atoms with E-state index in [1.54, 1.807) is 0 Å². The molecule has 15 heavy (non-hydrogen) atoms.